The molecule has 0 saturated carbocycles. The smallest absolute Gasteiger partial charge is 0.283 e. The quantitative estimate of drug-likeness (QED) is 0.656. The molecule has 13 heavy (non-hydrogen) atoms. The third-order valence-electron chi connectivity index (χ3n) is 2.27. The van der Waals surface area contributed by atoms with Crippen molar-refractivity contribution >= 4 is 7.91 Å². The molecule has 0 bridgehead atoms. The standard InChI is InChI=1S/C8H16FO3P/c1-4-5-7-8(2,3)6-11-13(9,10)12-7/h7H,4-6H2,1-3H3. The van der Waals surface area contributed by atoms with Crippen molar-refractivity contribution in [3.63, 3.8) is 0 Å². The maximum absolute atomic E-state index is 12.9. The highest BCUT2D eigenvalue weighted by molar-refractivity contribution is 7.48. The van der Waals surface area contributed by atoms with Gasteiger partial charge in [0.15, 0.2) is 0 Å². The molecule has 1 rings (SSSR count). The number of rotatable bonds is 2. The molecule has 0 aromatic rings. The highest BCUT2D eigenvalue weighted by atomic mass is 31.2. The zero-order valence-electron chi connectivity index (χ0n) is 8.25. The van der Waals surface area contributed by atoms with E-state index in [2.05, 4.69) is 4.52 Å². The van der Waals surface area contributed by atoms with Gasteiger partial charge in [-0.3, -0.25) is 9.05 Å². The van der Waals surface area contributed by atoms with Crippen molar-refractivity contribution in [2.24, 2.45) is 5.41 Å². The molecule has 2 atom stereocenters. The van der Waals surface area contributed by atoms with Gasteiger partial charge in [0.1, 0.15) is 0 Å². The average Bonchev–Trinajstić information content (AvgIpc) is 1.99. The first-order valence-electron chi connectivity index (χ1n) is 4.50. The Kier molecular flexibility index (Phi) is 3.16. The highest BCUT2D eigenvalue weighted by Gasteiger charge is 2.44. The van der Waals surface area contributed by atoms with Gasteiger partial charge in [0.05, 0.1) is 12.7 Å². The van der Waals surface area contributed by atoms with E-state index in [0.717, 1.165) is 6.42 Å². The zero-order chi connectivity index (χ0) is 10.1. The molecule has 1 fully saturated rings. The van der Waals surface area contributed by atoms with Crippen LogP contribution < -0.4 is 0 Å². The molecule has 1 saturated heterocycles. The molecule has 0 amide bonds. The SMILES string of the molecule is CCCC1OP(=O)(F)OCC1(C)C. The maximum atomic E-state index is 12.9. The molecule has 0 aromatic heterocycles. The summed E-state index contributed by atoms with van der Waals surface area (Å²) in [4.78, 5) is 0. The molecule has 0 N–H and O–H groups in total. The minimum absolute atomic E-state index is 0.158. The van der Waals surface area contributed by atoms with Gasteiger partial charge in [-0.15, -0.1) is 4.20 Å². The first-order chi connectivity index (χ1) is 5.87. The Bertz CT molecular complexity index is 229. The molecule has 2 unspecified atom stereocenters. The Morgan fingerprint density at radius 1 is 1.62 bits per heavy atom. The molecule has 0 spiro atoms. The molecule has 78 valence electrons. The van der Waals surface area contributed by atoms with Gasteiger partial charge in [0, 0.05) is 5.41 Å². The normalized spacial score (nSPS) is 38.9. The van der Waals surface area contributed by atoms with Crippen LogP contribution in [0.3, 0.4) is 0 Å². The van der Waals surface area contributed by atoms with Crippen molar-refractivity contribution in [1.82, 2.24) is 0 Å². The van der Waals surface area contributed by atoms with Crippen LogP contribution in [0, 0.1) is 5.41 Å². The second-order valence-electron chi connectivity index (χ2n) is 4.08. The Balaban J connectivity index is 2.69. The van der Waals surface area contributed by atoms with Crippen LogP contribution in [0.2, 0.25) is 0 Å². The summed E-state index contributed by atoms with van der Waals surface area (Å²) in [7, 11) is -4.25. The minimum atomic E-state index is -4.25. The summed E-state index contributed by atoms with van der Waals surface area (Å²) < 4.78 is 33.1. The Hall–Kier alpha value is 0.0800. The fraction of sp³-hybridized carbons (Fsp3) is 1.00. The lowest BCUT2D eigenvalue weighted by molar-refractivity contribution is -0.0405. The molecule has 1 aliphatic heterocycles. The molecule has 5 heteroatoms. The summed E-state index contributed by atoms with van der Waals surface area (Å²) in [6, 6.07) is 0. The van der Waals surface area contributed by atoms with Crippen LogP contribution in [0.5, 0.6) is 0 Å². The van der Waals surface area contributed by atoms with E-state index >= 15 is 0 Å². The predicted octanol–water partition coefficient (Wildman–Crippen LogP) is 3.31. The fourth-order valence-electron chi connectivity index (χ4n) is 1.37. The van der Waals surface area contributed by atoms with Crippen molar-refractivity contribution in [2.75, 3.05) is 6.61 Å². The first kappa shape index (κ1) is 11.2. The lowest BCUT2D eigenvalue weighted by atomic mass is 9.85. The van der Waals surface area contributed by atoms with Crippen LogP contribution in [0.25, 0.3) is 0 Å². The summed E-state index contributed by atoms with van der Waals surface area (Å²) in [6.07, 6.45) is 1.29. The molecule has 3 nitrogen and oxygen atoms in total. The lowest BCUT2D eigenvalue weighted by Crippen LogP contribution is -2.38. The molecule has 0 aliphatic carbocycles. The Morgan fingerprint density at radius 2 is 2.23 bits per heavy atom. The van der Waals surface area contributed by atoms with Gasteiger partial charge >= 0.3 is 7.91 Å². The van der Waals surface area contributed by atoms with Gasteiger partial charge in [-0.1, -0.05) is 27.2 Å². The third-order valence-corrected chi connectivity index (χ3v) is 3.21. The van der Waals surface area contributed by atoms with E-state index in [4.69, 9.17) is 4.52 Å². The second kappa shape index (κ2) is 3.68. The predicted molar refractivity (Wildman–Crippen MR) is 48.2 cm³/mol. The summed E-state index contributed by atoms with van der Waals surface area (Å²) in [5.74, 6) is 0. The van der Waals surface area contributed by atoms with Gasteiger partial charge in [0.25, 0.3) is 0 Å². The van der Waals surface area contributed by atoms with Crippen LogP contribution in [0.15, 0.2) is 0 Å². The highest BCUT2D eigenvalue weighted by Crippen LogP contribution is 2.58. The monoisotopic (exact) mass is 210 g/mol. The Morgan fingerprint density at radius 3 is 2.77 bits per heavy atom. The summed E-state index contributed by atoms with van der Waals surface area (Å²) in [5, 5.41) is 0. The number of hydrogen-bond donors (Lipinski definition) is 0. The van der Waals surface area contributed by atoms with Crippen molar-refractivity contribution in [2.45, 2.75) is 39.7 Å². The Labute approximate surface area is 78.3 Å². The lowest BCUT2D eigenvalue weighted by Gasteiger charge is -2.38. The average molecular weight is 210 g/mol. The van der Waals surface area contributed by atoms with Crippen LogP contribution in [0.1, 0.15) is 33.6 Å². The summed E-state index contributed by atoms with van der Waals surface area (Å²) in [5.41, 5.74) is -0.254. The van der Waals surface area contributed by atoms with E-state index in [9.17, 15) is 8.76 Å². The third kappa shape index (κ3) is 2.76. The van der Waals surface area contributed by atoms with Gasteiger partial charge < -0.3 is 0 Å². The van der Waals surface area contributed by atoms with Crippen molar-refractivity contribution in [1.29, 1.82) is 0 Å². The summed E-state index contributed by atoms with van der Waals surface area (Å²) in [6.45, 7) is 5.99. The van der Waals surface area contributed by atoms with Crippen LogP contribution in [-0.2, 0) is 13.6 Å². The van der Waals surface area contributed by atoms with E-state index in [1.54, 1.807) is 0 Å². The van der Waals surface area contributed by atoms with Gasteiger partial charge in [-0.25, -0.2) is 4.57 Å². The topological polar surface area (TPSA) is 35.5 Å². The largest absolute Gasteiger partial charge is 0.513 e. The molecule has 1 aliphatic rings. The van der Waals surface area contributed by atoms with Gasteiger partial charge in [-0.2, -0.15) is 0 Å². The van der Waals surface area contributed by atoms with E-state index in [-0.39, 0.29) is 18.1 Å². The number of halogens is 1. The van der Waals surface area contributed by atoms with Gasteiger partial charge in [0.2, 0.25) is 0 Å². The molecule has 0 radical (unpaired) electrons. The maximum Gasteiger partial charge on any atom is 0.513 e. The molecule has 1 heterocycles. The minimum Gasteiger partial charge on any atom is -0.283 e. The molecule has 0 aromatic carbocycles. The second-order valence-corrected chi connectivity index (χ2v) is 5.41. The van der Waals surface area contributed by atoms with Crippen molar-refractivity contribution in [3.05, 3.63) is 0 Å². The number of hydrogen-bond acceptors (Lipinski definition) is 3. The van der Waals surface area contributed by atoms with E-state index < -0.39 is 7.91 Å². The van der Waals surface area contributed by atoms with Crippen molar-refractivity contribution in [3.8, 4) is 0 Å². The fourth-order valence-corrected chi connectivity index (χ4v) is 2.61. The van der Waals surface area contributed by atoms with E-state index in [1.165, 1.54) is 0 Å². The van der Waals surface area contributed by atoms with E-state index in [0.29, 0.717) is 6.42 Å². The molecular formula is C8H16FO3P. The zero-order valence-corrected chi connectivity index (χ0v) is 9.14. The van der Waals surface area contributed by atoms with Crippen LogP contribution in [-0.4, -0.2) is 12.7 Å². The van der Waals surface area contributed by atoms with Gasteiger partial charge in [-0.05, 0) is 6.42 Å². The van der Waals surface area contributed by atoms with Crippen LogP contribution >= 0.6 is 7.91 Å². The van der Waals surface area contributed by atoms with E-state index in [1.807, 2.05) is 20.8 Å². The van der Waals surface area contributed by atoms with Crippen LogP contribution in [0.4, 0.5) is 4.20 Å². The van der Waals surface area contributed by atoms with Crippen molar-refractivity contribution < 1.29 is 17.8 Å². The first-order valence-corrected chi connectivity index (χ1v) is 5.93. The molecular weight excluding hydrogens is 194 g/mol. The summed E-state index contributed by atoms with van der Waals surface area (Å²) >= 11 is 0.